The second-order valence-electron chi connectivity index (χ2n) is 8.59. The molecule has 1 amide bonds. The third-order valence-corrected chi connectivity index (χ3v) is 6.34. The van der Waals surface area contributed by atoms with Crippen LogP contribution in [0.25, 0.3) is 11.1 Å². The SMILES string of the molecule is CCC(=C(c1ccc(OCCNC(=O)O)cc1)c1ccc(OCc2ccccc2)cc1Cl)c1ccccc1. The van der Waals surface area contributed by atoms with Crippen LogP contribution < -0.4 is 14.8 Å². The third kappa shape index (κ3) is 7.17. The lowest BCUT2D eigenvalue weighted by Gasteiger charge is -2.18. The van der Waals surface area contributed by atoms with E-state index in [0.29, 0.717) is 23.1 Å². The molecule has 2 N–H and O–H groups in total. The van der Waals surface area contributed by atoms with Gasteiger partial charge in [-0.25, -0.2) is 4.79 Å². The Morgan fingerprint density at radius 1 is 0.816 bits per heavy atom. The van der Waals surface area contributed by atoms with Crippen molar-refractivity contribution in [1.29, 1.82) is 0 Å². The minimum Gasteiger partial charge on any atom is -0.492 e. The predicted molar refractivity (Wildman–Crippen MR) is 153 cm³/mol. The van der Waals surface area contributed by atoms with E-state index in [9.17, 15) is 4.79 Å². The number of benzene rings is 4. The summed E-state index contributed by atoms with van der Waals surface area (Å²) in [4.78, 5) is 10.6. The number of hydrogen-bond donors (Lipinski definition) is 2. The quantitative estimate of drug-likeness (QED) is 0.153. The summed E-state index contributed by atoms with van der Waals surface area (Å²) in [5, 5.41) is 11.6. The Hall–Kier alpha value is -4.22. The summed E-state index contributed by atoms with van der Waals surface area (Å²) >= 11 is 6.89. The van der Waals surface area contributed by atoms with Gasteiger partial charge in [0.1, 0.15) is 24.7 Å². The number of amides is 1. The van der Waals surface area contributed by atoms with Crippen LogP contribution >= 0.6 is 11.6 Å². The summed E-state index contributed by atoms with van der Waals surface area (Å²) in [6.45, 7) is 3.06. The number of carbonyl (C=O) groups is 1. The first-order chi connectivity index (χ1) is 18.5. The van der Waals surface area contributed by atoms with E-state index in [0.717, 1.165) is 34.2 Å². The van der Waals surface area contributed by atoms with Crippen LogP contribution in [0.5, 0.6) is 11.5 Å². The molecule has 0 atom stereocenters. The van der Waals surface area contributed by atoms with Gasteiger partial charge in [0.2, 0.25) is 0 Å². The van der Waals surface area contributed by atoms with Crippen LogP contribution in [0.15, 0.2) is 103 Å². The van der Waals surface area contributed by atoms with E-state index in [2.05, 4.69) is 24.4 Å². The zero-order valence-corrected chi connectivity index (χ0v) is 21.9. The molecular weight excluding hydrogens is 498 g/mol. The molecule has 0 fully saturated rings. The number of nitrogens with one attached hydrogen (secondary N) is 1. The molecule has 6 heteroatoms. The first kappa shape index (κ1) is 26.8. The Morgan fingerprint density at radius 3 is 2.11 bits per heavy atom. The topological polar surface area (TPSA) is 67.8 Å². The van der Waals surface area contributed by atoms with Crippen molar-refractivity contribution >= 4 is 28.8 Å². The number of ether oxygens (including phenoxy) is 2. The first-order valence-electron chi connectivity index (χ1n) is 12.5. The Labute approximate surface area is 228 Å². The lowest BCUT2D eigenvalue weighted by molar-refractivity contribution is 0.191. The summed E-state index contributed by atoms with van der Waals surface area (Å²) in [5.74, 6) is 1.37. The Morgan fingerprint density at radius 2 is 1.47 bits per heavy atom. The Balaban J connectivity index is 1.65. The zero-order chi connectivity index (χ0) is 26.7. The third-order valence-electron chi connectivity index (χ3n) is 6.03. The van der Waals surface area contributed by atoms with Gasteiger partial charge in [-0.1, -0.05) is 91.3 Å². The molecule has 0 aliphatic rings. The highest BCUT2D eigenvalue weighted by Gasteiger charge is 2.17. The average molecular weight is 528 g/mol. The molecule has 0 spiro atoms. The van der Waals surface area contributed by atoms with E-state index in [1.807, 2.05) is 91.0 Å². The predicted octanol–water partition coefficient (Wildman–Crippen LogP) is 7.93. The van der Waals surface area contributed by atoms with Crippen LogP contribution in [-0.4, -0.2) is 24.4 Å². The molecular formula is C32H30ClNO4. The molecule has 0 aliphatic carbocycles. The highest BCUT2D eigenvalue weighted by molar-refractivity contribution is 6.33. The molecule has 4 rings (SSSR count). The van der Waals surface area contributed by atoms with Gasteiger partial charge in [-0.2, -0.15) is 0 Å². The van der Waals surface area contributed by atoms with Crippen LogP contribution in [0.4, 0.5) is 4.79 Å². The number of allylic oxidation sites excluding steroid dienone is 1. The smallest absolute Gasteiger partial charge is 0.404 e. The van der Waals surface area contributed by atoms with Gasteiger partial charge in [-0.05, 0) is 64.6 Å². The lowest BCUT2D eigenvalue weighted by Crippen LogP contribution is -2.26. The number of rotatable bonds is 11. The van der Waals surface area contributed by atoms with Gasteiger partial charge in [-0.15, -0.1) is 0 Å². The number of halogens is 1. The van der Waals surface area contributed by atoms with Gasteiger partial charge in [0.05, 0.1) is 11.6 Å². The molecule has 0 unspecified atom stereocenters. The molecule has 0 saturated heterocycles. The summed E-state index contributed by atoms with van der Waals surface area (Å²) in [5.41, 5.74) is 6.35. The fourth-order valence-corrected chi connectivity index (χ4v) is 4.50. The fourth-order valence-electron chi connectivity index (χ4n) is 4.23. The van der Waals surface area contributed by atoms with Gasteiger partial charge in [-0.3, -0.25) is 0 Å². The minimum absolute atomic E-state index is 0.213. The van der Waals surface area contributed by atoms with E-state index in [4.69, 9.17) is 26.2 Å². The summed E-state index contributed by atoms with van der Waals surface area (Å²) < 4.78 is 11.7. The molecule has 194 valence electrons. The van der Waals surface area contributed by atoms with Gasteiger partial charge in [0.25, 0.3) is 0 Å². The van der Waals surface area contributed by atoms with Crippen molar-refractivity contribution in [2.75, 3.05) is 13.2 Å². The standard InChI is InChI=1S/C32H30ClNO4/c1-2-28(24-11-7-4-8-12-24)31(25-13-15-26(16-14-25)37-20-19-34-32(35)36)29-18-17-27(21-30(29)33)38-22-23-9-5-3-6-10-23/h3-18,21,34H,2,19-20,22H2,1H3,(H,35,36). The van der Waals surface area contributed by atoms with Crippen molar-refractivity contribution in [3.05, 3.63) is 130 Å². The van der Waals surface area contributed by atoms with E-state index in [-0.39, 0.29) is 13.2 Å². The molecule has 5 nitrogen and oxygen atoms in total. The van der Waals surface area contributed by atoms with Crippen molar-refractivity contribution in [2.24, 2.45) is 0 Å². The van der Waals surface area contributed by atoms with E-state index < -0.39 is 6.09 Å². The van der Waals surface area contributed by atoms with Crippen molar-refractivity contribution in [3.63, 3.8) is 0 Å². The van der Waals surface area contributed by atoms with Gasteiger partial charge < -0.3 is 19.9 Å². The van der Waals surface area contributed by atoms with Crippen LogP contribution in [-0.2, 0) is 6.61 Å². The molecule has 4 aromatic carbocycles. The zero-order valence-electron chi connectivity index (χ0n) is 21.2. The molecule has 4 aromatic rings. The minimum atomic E-state index is -1.07. The van der Waals surface area contributed by atoms with Gasteiger partial charge in [0, 0.05) is 5.56 Å². The maximum atomic E-state index is 10.6. The molecule has 0 radical (unpaired) electrons. The van der Waals surface area contributed by atoms with Crippen molar-refractivity contribution in [1.82, 2.24) is 5.32 Å². The van der Waals surface area contributed by atoms with Crippen molar-refractivity contribution in [3.8, 4) is 11.5 Å². The highest BCUT2D eigenvalue weighted by Crippen LogP contribution is 2.39. The second-order valence-corrected chi connectivity index (χ2v) is 9.00. The average Bonchev–Trinajstić information content (AvgIpc) is 2.95. The van der Waals surface area contributed by atoms with E-state index in [1.54, 1.807) is 0 Å². The Kier molecular flexibility index (Phi) is 9.43. The van der Waals surface area contributed by atoms with Crippen molar-refractivity contribution < 1.29 is 19.4 Å². The van der Waals surface area contributed by atoms with Gasteiger partial charge >= 0.3 is 6.09 Å². The summed E-state index contributed by atoms with van der Waals surface area (Å²) in [6, 6.07) is 33.9. The van der Waals surface area contributed by atoms with Gasteiger partial charge in [0.15, 0.2) is 0 Å². The molecule has 38 heavy (non-hydrogen) atoms. The van der Waals surface area contributed by atoms with E-state index in [1.165, 1.54) is 5.57 Å². The maximum absolute atomic E-state index is 10.6. The largest absolute Gasteiger partial charge is 0.492 e. The Bertz CT molecular complexity index is 1370. The summed E-state index contributed by atoms with van der Waals surface area (Å²) in [7, 11) is 0. The number of hydrogen-bond acceptors (Lipinski definition) is 3. The monoisotopic (exact) mass is 527 g/mol. The first-order valence-corrected chi connectivity index (χ1v) is 12.9. The van der Waals surface area contributed by atoms with Crippen LogP contribution in [0.3, 0.4) is 0 Å². The molecule has 0 aromatic heterocycles. The summed E-state index contributed by atoms with van der Waals surface area (Å²) in [6.07, 6.45) is -0.263. The molecule has 0 saturated carbocycles. The maximum Gasteiger partial charge on any atom is 0.404 e. The highest BCUT2D eigenvalue weighted by atomic mass is 35.5. The fraction of sp³-hybridized carbons (Fsp3) is 0.156. The molecule has 0 aliphatic heterocycles. The van der Waals surface area contributed by atoms with Crippen LogP contribution in [0.2, 0.25) is 5.02 Å². The van der Waals surface area contributed by atoms with Crippen molar-refractivity contribution in [2.45, 2.75) is 20.0 Å². The lowest BCUT2D eigenvalue weighted by atomic mass is 9.88. The van der Waals surface area contributed by atoms with E-state index >= 15 is 0 Å². The normalized spacial score (nSPS) is 11.4. The second kappa shape index (κ2) is 13.4. The molecule has 0 heterocycles. The van der Waals surface area contributed by atoms with Crippen LogP contribution in [0, 0.1) is 0 Å². The molecule has 0 bridgehead atoms. The van der Waals surface area contributed by atoms with Crippen LogP contribution in [0.1, 0.15) is 35.6 Å². The number of carboxylic acid groups (broad SMARTS) is 1.